The van der Waals surface area contributed by atoms with E-state index in [2.05, 4.69) is 30.7 Å². The van der Waals surface area contributed by atoms with Crippen LogP contribution in [0.5, 0.6) is 0 Å². The largest absolute Gasteiger partial charge is 0.264 e. The van der Waals surface area contributed by atoms with Crippen LogP contribution in [0.25, 0.3) is 0 Å². The van der Waals surface area contributed by atoms with Gasteiger partial charge in [0, 0.05) is 0 Å². The van der Waals surface area contributed by atoms with E-state index in [1.807, 2.05) is 35.3 Å². The molecule has 5 heteroatoms. The third-order valence-corrected chi connectivity index (χ3v) is 2.26. The minimum atomic E-state index is 0.194. The number of para-hydroxylation sites is 1. The Morgan fingerprint density at radius 3 is 2.54 bits per heavy atom. The van der Waals surface area contributed by atoms with Gasteiger partial charge in [-0.2, -0.15) is 5.53 Å². The van der Waals surface area contributed by atoms with Gasteiger partial charge in [0.05, 0.1) is 5.69 Å². The molecule has 1 heterocycles. The summed E-state index contributed by atoms with van der Waals surface area (Å²) in [5.74, 6) is 0. The summed E-state index contributed by atoms with van der Waals surface area (Å²) in [6, 6.07) is 10.1. The zero-order chi connectivity index (χ0) is 9.26. The van der Waals surface area contributed by atoms with Crippen LogP contribution in [-0.2, 0) is 0 Å². The molecule has 1 aliphatic heterocycles. The van der Waals surface area contributed by atoms with Crippen molar-refractivity contribution in [2.75, 3.05) is 5.01 Å². The minimum Gasteiger partial charge on any atom is -0.264 e. The number of thiol groups is 1. The number of hydrazine groups is 3. The molecule has 1 aromatic carbocycles. The van der Waals surface area contributed by atoms with Gasteiger partial charge >= 0.3 is 0 Å². The number of nitrogens with zero attached hydrogens (tertiary/aromatic N) is 2. The Kier molecular flexibility index (Phi) is 2.41. The third-order valence-electron chi connectivity index (χ3n) is 1.97. The second-order valence-electron chi connectivity index (χ2n) is 2.90. The van der Waals surface area contributed by atoms with Crippen LogP contribution in [0.2, 0.25) is 0 Å². The zero-order valence-corrected chi connectivity index (χ0v) is 8.20. The van der Waals surface area contributed by atoms with Crippen molar-refractivity contribution >= 4 is 18.5 Å². The molecule has 0 saturated carbocycles. The lowest BCUT2D eigenvalue weighted by Gasteiger charge is -2.25. The molecule has 0 radical (unpaired) electrons. The van der Waals surface area contributed by atoms with Gasteiger partial charge in [-0.1, -0.05) is 35.5 Å². The number of rotatable bonds is 1. The van der Waals surface area contributed by atoms with E-state index < -0.39 is 0 Å². The lowest BCUT2D eigenvalue weighted by Crippen LogP contribution is -2.37. The van der Waals surface area contributed by atoms with Gasteiger partial charge < -0.3 is 0 Å². The summed E-state index contributed by atoms with van der Waals surface area (Å²) in [6.45, 7) is 2.05. The summed E-state index contributed by atoms with van der Waals surface area (Å²) in [5, 5.41) is 2.00. The average molecular weight is 196 g/mol. The van der Waals surface area contributed by atoms with Gasteiger partial charge in [-0.05, 0) is 19.1 Å². The monoisotopic (exact) mass is 196 g/mol. The SMILES string of the molecule is CC1NNN(S)N1c1ccccc1. The van der Waals surface area contributed by atoms with E-state index in [4.69, 9.17) is 0 Å². The molecule has 0 aliphatic carbocycles. The van der Waals surface area contributed by atoms with Crippen LogP contribution in [0, 0.1) is 0 Å². The van der Waals surface area contributed by atoms with Gasteiger partial charge in [-0.3, -0.25) is 5.01 Å². The van der Waals surface area contributed by atoms with Gasteiger partial charge in [0.15, 0.2) is 0 Å². The molecule has 13 heavy (non-hydrogen) atoms. The summed E-state index contributed by atoms with van der Waals surface area (Å²) in [7, 11) is 0. The molecule has 4 nitrogen and oxygen atoms in total. The molecule has 0 amide bonds. The molecule has 1 unspecified atom stereocenters. The second kappa shape index (κ2) is 3.55. The fourth-order valence-corrected chi connectivity index (χ4v) is 1.66. The van der Waals surface area contributed by atoms with Crippen molar-refractivity contribution in [2.45, 2.75) is 13.1 Å². The van der Waals surface area contributed by atoms with Crippen LogP contribution >= 0.6 is 12.8 Å². The molecule has 1 aromatic rings. The highest BCUT2D eigenvalue weighted by Gasteiger charge is 2.25. The van der Waals surface area contributed by atoms with Crippen molar-refractivity contribution in [3.8, 4) is 0 Å². The first kappa shape index (κ1) is 8.83. The van der Waals surface area contributed by atoms with E-state index in [-0.39, 0.29) is 6.17 Å². The Balaban J connectivity index is 2.25. The fraction of sp³-hybridized carbons (Fsp3) is 0.250. The number of hydrogen-bond acceptors (Lipinski definition) is 5. The summed E-state index contributed by atoms with van der Waals surface area (Å²) < 4.78 is 1.62. The van der Waals surface area contributed by atoms with E-state index in [1.54, 1.807) is 4.52 Å². The van der Waals surface area contributed by atoms with Crippen molar-refractivity contribution < 1.29 is 0 Å². The highest BCUT2D eigenvalue weighted by molar-refractivity contribution is 7.77. The number of hydrogen-bond donors (Lipinski definition) is 3. The third kappa shape index (κ3) is 1.64. The molecule has 1 atom stereocenters. The molecule has 0 spiro atoms. The first-order valence-electron chi connectivity index (χ1n) is 4.13. The maximum Gasteiger partial charge on any atom is 0.108 e. The summed E-state index contributed by atoms with van der Waals surface area (Å²) in [5.41, 5.74) is 7.03. The second-order valence-corrected chi connectivity index (χ2v) is 3.28. The quantitative estimate of drug-likeness (QED) is 0.583. The molecular weight excluding hydrogens is 184 g/mol. The van der Waals surface area contributed by atoms with E-state index in [0.717, 1.165) is 5.69 Å². The molecule has 0 aromatic heterocycles. The smallest absolute Gasteiger partial charge is 0.108 e. The van der Waals surface area contributed by atoms with E-state index in [0.29, 0.717) is 0 Å². The Morgan fingerprint density at radius 2 is 2.00 bits per heavy atom. The lowest BCUT2D eigenvalue weighted by molar-refractivity contribution is 0.400. The summed E-state index contributed by atoms with van der Waals surface area (Å²) in [6.07, 6.45) is 0.194. The molecule has 1 fully saturated rings. The first-order valence-corrected chi connectivity index (χ1v) is 4.53. The Labute approximate surface area is 83.0 Å². The topological polar surface area (TPSA) is 30.5 Å². The lowest BCUT2D eigenvalue weighted by atomic mass is 10.3. The van der Waals surface area contributed by atoms with Gasteiger partial charge in [0.25, 0.3) is 0 Å². The van der Waals surface area contributed by atoms with E-state index in [9.17, 15) is 0 Å². The minimum absolute atomic E-state index is 0.194. The van der Waals surface area contributed by atoms with Crippen LogP contribution in [0.3, 0.4) is 0 Å². The van der Waals surface area contributed by atoms with Crippen molar-refractivity contribution in [3.05, 3.63) is 30.3 Å². The van der Waals surface area contributed by atoms with E-state index in [1.165, 1.54) is 0 Å². The Morgan fingerprint density at radius 1 is 1.31 bits per heavy atom. The molecule has 70 valence electrons. The van der Waals surface area contributed by atoms with Crippen molar-refractivity contribution in [2.24, 2.45) is 0 Å². The average Bonchev–Trinajstić information content (AvgIpc) is 2.48. The highest BCUT2D eigenvalue weighted by Crippen LogP contribution is 2.20. The van der Waals surface area contributed by atoms with Crippen LogP contribution in [0.1, 0.15) is 6.92 Å². The predicted molar refractivity (Wildman–Crippen MR) is 55.5 cm³/mol. The van der Waals surface area contributed by atoms with Crippen LogP contribution in [0.4, 0.5) is 5.69 Å². The van der Waals surface area contributed by atoms with E-state index >= 15 is 0 Å². The van der Waals surface area contributed by atoms with Gasteiger partial charge in [0.2, 0.25) is 0 Å². The van der Waals surface area contributed by atoms with Crippen molar-refractivity contribution in [1.29, 1.82) is 0 Å². The summed E-state index contributed by atoms with van der Waals surface area (Å²) >= 11 is 4.24. The molecule has 2 rings (SSSR count). The standard InChI is InChI=1S/C8H12N4S/c1-7-9-10-12(13)11(7)8-5-3-2-4-6-8/h2-7,9-10,13H,1H3. The fourth-order valence-electron chi connectivity index (χ4n) is 1.34. The molecule has 1 aliphatic rings. The number of nitrogens with one attached hydrogen (secondary N) is 2. The predicted octanol–water partition coefficient (Wildman–Crippen LogP) is 0.924. The molecule has 2 N–H and O–H groups in total. The molecule has 0 bridgehead atoms. The maximum atomic E-state index is 4.24. The van der Waals surface area contributed by atoms with Gasteiger partial charge in [-0.15, -0.1) is 0 Å². The van der Waals surface area contributed by atoms with Gasteiger partial charge in [0.1, 0.15) is 6.17 Å². The maximum absolute atomic E-state index is 4.24. The first-order chi connectivity index (χ1) is 6.29. The normalized spacial score (nSPS) is 23.8. The van der Waals surface area contributed by atoms with Crippen LogP contribution in [-0.4, -0.2) is 10.7 Å². The van der Waals surface area contributed by atoms with Crippen LogP contribution < -0.4 is 16.0 Å². The molecule has 1 saturated heterocycles. The van der Waals surface area contributed by atoms with Crippen LogP contribution in [0.15, 0.2) is 30.3 Å². The highest BCUT2D eigenvalue weighted by atomic mass is 32.1. The Bertz CT molecular complexity index is 269. The number of anilines is 1. The van der Waals surface area contributed by atoms with Crippen molar-refractivity contribution in [1.82, 2.24) is 15.5 Å². The van der Waals surface area contributed by atoms with Gasteiger partial charge in [-0.25, -0.2) is 5.43 Å². The number of benzene rings is 1. The summed E-state index contributed by atoms with van der Waals surface area (Å²) in [4.78, 5) is 0. The Hall–Kier alpha value is -0.750. The molecular formula is C8H12N4S. The van der Waals surface area contributed by atoms with Crippen molar-refractivity contribution in [3.63, 3.8) is 0 Å². The zero-order valence-electron chi connectivity index (χ0n) is 7.31.